The van der Waals surface area contributed by atoms with E-state index in [4.69, 9.17) is 4.98 Å². The Balaban J connectivity index is 1.27. The Morgan fingerprint density at radius 2 is 1.45 bits per heavy atom. The monoisotopic (exact) mass is 410 g/mol. The lowest BCUT2D eigenvalue weighted by atomic mass is 9.96. The Hall–Kier alpha value is -3.60. The quantitative estimate of drug-likeness (QED) is 0.483. The average molecular weight is 411 g/mol. The fraction of sp³-hybridized carbons (Fsp3) is 0.231. The second-order valence-electron chi connectivity index (χ2n) is 8.10. The fourth-order valence-corrected chi connectivity index (χ4v) is 4.39. The Bertz CT molecular complexity index is 1080. The summed E-state index contributed by atoms with van der Waals surface area (Å²) in [7, 11) is 0. The standard InChI is InChI=1S/C26H26N4O/c31-26(29-24(19-9-3-1-4-10-19)20-11-5-2-6-12-20)30-17-15-21(16-18-30)25-27-22-13-7-8-14-23(22)28-25/h1-14,21,24H,15-18H2,(H,27,28)(H,29,31). The number of likely N-dealkylation sites (tertiary alicyclic amines) is 1. The maximum atomic E-state index is 13.1. The minimum Gasteiger partial charge on any atom is -0.342 e. The molecular weight excluding hydrogens is 384 g/mol. The number of benzene rings is 3. The zero-order chi connectivity index (χ0) is 21.0. The van der Waals surface area contributed by atoms with Crippen molar-refractivity contribution in [1.29, 1.82) is 0 Å². The third-order valence-electron chi connectivity index (χ3n) is 6.11. The number of hydrogen-bond acceptors (Lipinski definition) is 2. The van der Waals surface area contributed by atoms with E-state index in [2.05, 4.69) is 40.6 Å². The van der Waals surface area contributed by atoms with Crippen LogP contribution in [0.5, 0.6) is 0 Å². The van der Waals surface area contributed by atoms with Crippen LogP contribution in [0.2, 0.25) is 0 Å². The number of H-pyrrole nitrogens is 1. The zero-order valence-electron chi connectivity index (χ0n) is 17.4. The van der Waals surface area contributed by atoms with Crippen LogP contribution in [0, 0.1) is 0 Å². The van der Waals surface area contributed by atoms with Crippen LogP contribution in [0.1, 0.15) is 41.8 Å². The molecule has 156 valence electrons. The molecule has 0 saturated carbocycles. The van der Waals surface area contributed by atoms with Crippen molar-refractivity contribution >= 4 is 17.1 Å². The molecule has 0 aliphatic carbocycles. The van der Waals surface area contributed by atoms with Gasteiger partial charge >= 0.3 is 6.03 Å². The molecular formula is C26H26N4O. The first-order valence-electron chi connectivity index (χ1n) is 10.9. The lowest BCUT2D eigenvalue weighted by Crippen LogP contribution is -2.45. The van der Waals surface area contributed by atoms with Crippen molar-refractivity contribution in [2.45, 2.75) is 24.8 Å². The maximum absolute atomic E-state index is 13.1. The van der Waals surface area contributed by atoms with Crippen molar-refractivity contribution in [2.75, 3.05) is 13.1 Å². The van der Waals surface area contributed by atoms with Gasteiger partial charge in [-0.2, -0.15) is 0 Å². The molecule has 0 unspecified atom stereocenters. The number of fused-ring (bicyclic) bond motifs is 1. The van der Waals surface area contributed by atoms with E-state index in [0.717, 1.165) is 53.9 Å². The highest BCUT2D eigenvalue weighted by Crippen LogP contribution is 2.28. The van der Waals surface area contributed by atoms with Crippen LogP contribution in [-0.4, -0.2) is 34.0 Å². The van der Waals surface area contributed by atoms with Gasteiger partial charge in [0.05, 0.1) is 17.1 Å². The van der Waals surface area contributed by atoms with E-state index in [1.165, 1.54) is 0 Å². The third kappa shape index (κ3) is 4.17. The molecule has 4 aromatic rings. The first-order chi connectivity index (χ1) is 15.3. The molecule has 3 aromatic carbocycles. The number of aromatic nitrogens is 2. The first kappa shape index (κ1) is 19.4. The molecule has 2 amide bonds. The van der Waals surface area contributed by atoms with Crippen molar-refractivity contribution in [3.63, 3.8) is 0 Å². The summed E-state index contributed by atoms with van der Waals surface area (Å²) >= 11 is 0. The minimum absolute atomic E-state index is 0.0132. The van der Waals surface area contributed by atoms with Crippen LogP contribution in [0.4, 0.5) is 4.79 Å². The smallest absolute Gasteiger partial charge is 0.318 e. The molecule has 0 atom stereocenters. The Morgan fingerprint density at radius 3 is 2.06 bits per heavy atom. The SMILES string of the molecule is O=C(NC(c1ccccc1)c1ccccc1)N1CCC(c2nc3ccccc3[nH]2)CC1. The van der Waals surface area contributed by atoms with Crippen LogP contribution in [0.15, 0.2) is 84.9 Å². The number of nitrogens with zero attached hydrogens (tertiary/aromatic N) is 2. The molecule has 1 aliphatic heterocycles. The van der Waals surface area contributed by atoms with Gasteiger partial charge in [-0.25, -0.2) is 9.78 Å². The van der Waals surface area contributed by atoms with Crippen LogP contribution in [-0.2, 0) is 0 Å². The summed E-state index contributed by atoms with van der Waals surface area (Å²) in [4.78, 5) is 23.3. The number of urea groups is 1. The number of aromatic amines is 1. The van der Waals surface area contributed by atoms with Gasteiger partial charge < -0.3 is 15.2 Å². The van der Waals surface area contributed by atoms with Gasteiger partial charge in [-0.05, 0) is 36.1 Å². The number of carbonyl (C=O) groups is 1. The fourth-order valence-electron chi connectivity index (χ4n) is 4.39. The molecule has 2 N–H and O–H groups in total. The molecule has 1 fully saturated rings. The summed E-state index contributed by atoms with van der Waals surface area (Å²) in [5.41, 5.74) is 4.25. The van der Waals surface area contributed by atoms with Crippen LogP contribution < -0.4 is 5.32 Å². The molecule has 5 heteroatoms. The Morgan fingerprint density at radius 1 is 0.871 bits per heavy atom. The number of rotatable bonds is 4. The van der Waals surface area contributed by atoms with Gasteiger partial charge in [0, 0.05) is 19.0 Å². The van der Waals surface area contributed by atoms with Gasteiger partial charge in [0.1, 0.15) is 5.82 Å². The summed E-state index contributed by atoms with van der Waals surface area (Å²) in [6.07, 6.45) is 1.82. The van der Waals surface area contributed by atoms with Crippen LogP contribution >= 0.6 is 0 Å². The molecule has 5 nitrogen and oxygen atoms in total. The van der Waals surface area contributed by atoms with Crippen molar-refractivity contribution in [1.82, 2.24) is 20.2 Å². The van der Waals surface area contributed by atoms with E-state index in [9.17, 15) is 4.79 Å². The molecule has 31 heavy (non-hydrogen) atoms. The molecule has 0 spiro atoms. The molecule has 5 rings (SSSR count). The van der Waals surface area contributed by atoms with Crippen molar-refractivity contribution in [3.8, 4) is 0 Å². The van der Waals surface area contributed by atoms with Gasteiger partial charge in [0.25, 0.3) is 0 Å². The van der Waals surface area contributed by atoms with Gasteiger partial charge in [-0.1, -0.05) is 72.8 Å². The van der Waals surface area contributed by atoms with E-state index >= 15 is 0 Å². The van der Waals surface area contributed by atoms with E-state index in [1.54, 1.807) is 0 Å². The summed E-state index contributed by atoms with van der Waals surface area (Å²) in [6, 6.07) is 28.2. The van der Waals surface area contributed by atoms with Crippen molar-refractivity contribution < 1.29 is 4.79 Å². The summed E-state index contributed by atoms with van der Waals surface area (Å²) in [5.74, 6) is 1.39. The number of para-hydroxylation sites is 2. The highest BCUT2D eigenvalue weighted by molar-refractivity contribution is 5.76. The zero-order valence-corrected chi connectivity index (χ0v) is 17.4. The molecule has 0 radical (unpaired) electrons. The third-order valence-corrected chi connectivity index (χ3v) is 6.11. The predicted molar refractivity (Wildman–Crippen MR) is 123 cm³/mol. The lowest BCUT2D eigenvalue weighted by Gasteiger charge is -2.32. The van der Waals surface area contributed by atoms with Gasteiger partial charge in [0.2, 0.25) is 0 Å². The van der Waals surface area contributed by atoms with E-state index in [0.29, 0.717) is 5.92 Å². The molecule has 0 bridgehead atoms. The number of nitrogens with one attached hydrogen (secondary N) is 2. The largest absolute Gasteiger partial charge is 0.342 e. The minimum atomic E-state index is -0.164. The maximum Gasteiger partial charge on any atom is 0.318 e. The molecule has 1 aromatic heterocycles. The first-order valence-corrected chi connectivity index (χ1v) is 10.9. The molecule has 1 aliphatic rings. The highest BCUT2D eigenvalue weighted by Gasteiger charge is 2.27. The number of amides is 2. The van der Waals surface area contributed by atoms with Gasteiger partial charge in [0.15, 0.2) is 0 Å². The van der Waals surface area contributed by atoms with Crippen molar-refractivity contribution in [2.24, 2.45) is 0 Å². The average Bonchev–Trinajstić information content (AvgIpc) is 3.28. The normalized spacial score (nSPS) is 14.8. The molecule has 2 heterocycles. The van der Waals surface area contributed by atoms with Crippen LogP contribution in [0.25, 0.3) is 11.0 Å². The van der Waals surface area contributed by atoms with Gasteiger partial charge in [-0.3, -0.25) is 0 Å². The number of carbonyl (C=O) groups excluding carboxylic acids is 1. The highest BCUT2D eigenvalue weighted by atomic mass is 16.2. The van der Waals surface area contributed by atoms with E-state index < -0.39 is 0 Å². The summed E-state index contributed by atoms with van der Waals surface area (Å²) in [5, 5.41) is 3.26. The number of hydrogen-bond donors (Lipinski definition) is 2. The van der Waals surface area contributed by atoms with E-state index in [-0.39, 0.29) is 12.1 Å². The summed E-state index contributed by atoms with van der Waals surface area (Å²) in [6.45, 7) is 1.45. The number of imidazole rings is 1. The lowest BCUT2D eigenvalue weighted by molar-refractivity contribution is 0.178. The van der Waals surface area contributed by atoms with Gasteiger partial charge in [-0.15, -0.1) is 0 Å². The second kappa shape index (κ2) is 8.64. The van der Waals surface area contributed by atoms with Crippen LogP contribution in [0.3, 0.4) is 0 Å². The summed E-state index contributed by atoms with van der Waals surface area (Å²) < 4.78 is 0. The second-order valence-corrected chi connectivity index (χ2v) is 8.10. The molecule has 1 saturated heterocycles. The Kier molecular flexibility index (Phi) is 5.40. The topological polar surface area (TPSA) is 61.0 Å². The van der Waals surface area contributed by atoms with E-state index in [1.807, 2.05) is 59.5 Å². The predicted octanol–water partition coefficient (Wildman–Crippen LogP) is 5.24. The van der Waals surface area contributed by atoms with Crippen molar-refractivity contribution in [3.05, 3.63) is 102 Å². The number of piperidine rings is 1. The Labute approximate surface area is 182 Å².